The van der Waals surface area contributed by atoms with Crippen molar-refractivity contribution in [3.05, 3.63) is 53.3 Å². The largest absolute Gasteiger partial charge is 0.311 e. The number of likely N-dealkylation sites (N-methyl/N-ethyl adjacent to an activating group) is 1. The Morgan fingerprint density at radius 1 is 1.15 bits per heavy atom. The van der Waals surface area contributed by atoms with Crippen molar-refractivity contribution in [2.45, 2.75) is 45.7 Å². The molecule has 0 fully saturated rings. The van der Waals surface area contributed by atoms with Crippen molar-refractivity contribution in [1.82, 2.24) is 15.1 Å². The number of aromatic nitrogens is 2. The lowest BCUT2D eigenvalue weighted by molar-refractivity contribution is 0.362. The lowest BCUT2D eigenvalue weighted by Crippen LogP contribution is -2.27. The standard InChI is InChI=1S/C17H25N3/c1-5-15-12-16(6-2)20(19-15)13(3)17(18-4)14-10-8-7-9-11-14/h7-13,17-18H,5-6H2,1-4H3. The quantitative estimate of drug-likeness (QED) is 0.871. The highest BCUT2D eigenvalue weighted by atomic mass is 15.3. The summed E-state index contributed by atoms with van der Waals surface area (Å²) < 4.78 is 2.19. The van der Waals surface area contributed by atoms with Gasteiger partial charge in [0, 0.05) is 5.69 Å². The first-order valence-corrected chi connectivity index (χ1v) is 7.50. The lowest BCUT2D eigenvalue weighted by atomic mass is 10.0. The number of hydrogen-bond donors (Lipinski definition) is 1. The lowest BCUT2D eigenvalue weighted by Gasteiger charge is -2.26. The van der Waals surface area contributed by atoms with Crippen LogP contribution >= 0.6 is 0 Å². The molecule has 0 bridgehead atoms. The Bertz CT molecular complexity index is 530. The molecule has 3 nitrogen and oxygen atoms in total. The van der Waals surface area contributed by atoms with Crippen molar-refractivity contribution in [2.24, 2.45) is 0 Å². The predicted octanol–water partition coefficient (Wildman–Crippen LogP) is 3.53. The molecule has 1 N–H and O–H groups in total. The predicted molar refractivity (Wildman–Crippen MR) is 83.9 cm³/mol. The molecule has 0 aliphatic carbocycles. The molecule has 0 aliphatic heterocycles. The van der Waals surface area contributed by atoms with Crippen LogP contribution in [0.15, 0.2) is 36.4 Å². The number of hydrogen-bond acceptors (Lipinski definition) is 2. The average molecular weight is 271 g/mol. The maximum atomic E-state index is 4.77. The second-order valence-corrected chi connectivity index (χ2v) is 5.20. The van der Waals surface area contributed by atoms with Crippen molar-refractivity contribution in [1.29, 1.82) is 0 Å². The minimum Gasteiger partial charge on any atom is -0.311 e. The molecule has 2 atom stereocenters. The summed E-state index contributed by atoms with van der Waals surface area (Å²) in [6.45, 7) is 6.58. The third kappa shape index (κ3) is 2.93. The molecule has 2 rings (SSSR count). The summed E-state index contributed by atoms with van der Waals surface area (Å²) in [6, 6.07) is 13.4. The molecule has 2 unspecified atom stereocenters. The van der Waals surface area contributed by atoms with Gasteiger partial charge in [-0.1, -0.05) is 44.2 Å². The van der Waals surface area contributed by atoms with Crippen LogP contribution in [0.1, 0.15) is 49.8 Å². The van der Waals surface area contributed by atoms with Crippen LogP contribution < -0.4 is 5.32 Å². The van der Waals surface area contributed by atoms with Crippen LogP contribution in [-0.4, -0.2) is 16.8 Å². The SMILES string of the molecule is CCc1cc(CC)n(C(C)C(NC)c2ccccc2)n1. The molecule has 0 amide bonds. The number of rotatable bonds is 6. The van der Waals surface area contributed by atoms with E-state index in [2.05, 4.69) is 67.2 Å². The van der Waals surface area contributed by atoms with Gasteiger partial charge in [-0.25, -0.2) is 0 Å². The van der Waals surface area contributed by atoms with Gasteiger partial charge in [-0.15, -0.1) is 0 Å². The molecule has 0 saturated carbocycles. The maximum Gasteiger partial charge on any atom is 0.0688 e. The number of nitrogens with zero attached hydrogens (tertiary/aromatic N) is 2. The van der Waals surface area contributed by atoms with Crippen LogP contribution in [0, 0.1) is 0 Å². The zero-order chi connectivity index (χ0) is 14.5. The minimum atomic E-state index is 0.270. The summed E-state index contributed by atoms with van der Waals surface area (Å²) in [6.07, 6.45) is 2.00. The second-order valence-electron chi connectivity index (χ2n) is 5.20. The highest BCUT2D eigenvalue weighted by Crippen LogP contribution is 2.27. The van der Waals surface area contributed by atoms with Gasteiger partial charge in [0.2, 0.25) is 0 Å². The van der Waals surface area contributed by atoms with Crippen LogP contribution in [0.3, 0.4) is 0 Å². The van der Waals surface area contributed by atoms with E-state index >= 15 is 0 Å². The third-order valence-electron chi connectivity index (χ3n) is 3.93. The van der Waals surface area contributed by atoms with Crippen molar-refractivity contribution in [2.75, 3.05) is 7.05 Å². The van der Waals surface area contributed by atoms with Crippen LogP contribution in [0.4, 0.5) is 0 Å². The van der Waals surface area contributed by atoms with E-state index in [-0.39, 0.29) is 12.1 Å². The monoisotopic (exact) mass is 271 g/mol. The Kier molecular flexibility index (Phi) is 4.96. The zero-order valence-electron chi connectivity index (χ0n) is 12.9. The van der Waals surface area contributed by atoms with Crippen LogP contribution in [0.5, 0.6) is 0 Å². The van der Waals surface area contributed by atoms with Crippen LogP contribution in [-0.2, 0) is 12.8 Å². The molecule has 0 spiro atoms. The molecule has 1 aromatic heterocycles. The number of nitrogens with one attached hydrogen (secondary N) is 1. The van der Waals surface area contributed by atoms with Crippen LogP contribution in [0.2, 0.25) is 0 Å². The second kappa shape index (κ2) is 6.71. The smallest absolute Gasteiger partial charge is 0.0688 e. The van der Waals surface area contributed by atoms with Gasteiger partial charge in [0.15, 0.2) is 0 Å². The summed E-state index contributed by atoms with van der Waals surface area (Å²) in [4.78, 5) is 0. The van der Waals surface area contributed by atoms with Crippen molar-refractivity contribution in [3.63, 3.8) is 0 Å². The summed E-state index contributed by atoms with van der Waals surface area (Å²) in [5.74, 6) is 0. The van der Waals surface area contributed by atoms with E-state index in [9.17, 15) is 0 Å². The van der Waals surface area contributed by atoms with E-state index in [0.29, 0.717) is 0 Å². The van der Waals surface area contributed by atoms with E-state index in [0.717, 1.165) is 12.8 Å². The molecule has 3 heteroatoms. The first-order chi connectivity index (χ1) is 9.71. The van der Waals surface area contributed by atoms with Gasteiger partial charge in [0.25, 0.3) is 0 Å². The number of benzene rings is 1. The molecule has 0 saturated heterocycles. The van der Waals surface area contributed by atoms with Gasteiger partial charge < -0.3 is 5.32 Å². The Morgan fingerprint density at radius 2 is 1.85 bits per heavy atom. The van der Waals surface area contributed by atoms with Gasteiger partial charge in [0.05, 0.1) is 17.8 Å². The van der Waals surface area contributed by atoms with E-state index in [4.69, 9.17) is 5.10 Å². The van der Waals surface area contributed by atoms with Crippen molar-refractivity contribution in [3.8, 4) is 0 Å². The zero-order valence-corrected chi connectivity index (χ0v) is 12.9. The van der Waals surface area contributed by atoms with E-state index in [1.165, 1.54) is 17.0 Å². The minimum absolute atomic E-state index is 0.270. The topological polar surface area (TPSA) is 29.9 Å². The summed E-state index contributed by atoms with van der Waals surface area (Å²) in [7, 11) is 2.02. The Hall–Kier alpha value is -1.61. The highest BCUT2D eigenvalue weighted by Gasteiger charge is 2.21. The summed E-state index contributed by atoms with van der Waals surface area (Å²) in [5, 5.41) is 8.20. The molecule has 0 radical (unpaired) electrons. The average Bonchev–Trinajstić information content (AvgIpc) is 2.92. The molecule has 1 heterocycles. The fraction of sp³-hybridized carbons (Fsp3) is 0.471. The molecule has 108 valence electrons. The molecule has 1 aromatic carbocycles. The molecule has 20 heavy (non-hydrogen) atoms. The Morgan fingerprint density at radius 3 is 2.40 bits per heavy atom. The van der Waals surface area contributed by atoms with E-state index < -0.39 is 0 Å². The fourth-order valence-electron chi connectivity index (χ4n) is 2.77. The number of aryl methyl sites for hydroxylation is 2. The highest BCUT2D eigenvalue weighted by molar-refractivity contribution is 5.21. The van der Waals surface area contributed by atoms with Gasteiger partial charge in [-0.05, 0) is 38.4 Å². The van der Waals surface area contributed by atoms with Crippen molar-refractivity contribution < 1.29 is 0 Å². The molecular weight excluding hydrogens is 246 g/mol. The van der Waals surface area contributed by atoms with Gasteiger partial charge in [0.1, 0.15) is 0 Å². The Labute approximate surface area is 122 Å². The van der Waals surface area contributed by atoms with Gasteiger partial charge in [-0.3, -0.25) is 4.68 Å². The summed E-state index contributed by atoms with van der Waals surface area (Å²) in [5.41, 5.74) is 3.79. The van der Waals surface area contributed by atoms with E-state index in [1.807, 2.05) is 7.05 Å². The molecular formula is C17H25N3. The van der Waals surface area contributed by atoms with Gasteiger partial charge >= 0.3 is 0 Å². The fourth-order valence-corrected chi connectivity index (χ4v) is 2.77. The van der Waals surface area contributed by atoms with Gasteiger partial charge in [-0.2, -0.15) is 5.10 Å². The van der Waals surface area contributed by atoms with E-state index in [1.54, 1.807) is 0 Å². The van der Waals surface area contributed by atoms with Crippen molar-refractivity contribution >= 4 is 0 Å². The molecule has 2 aromatic rings. The first kappa shape index (κ1) is 14.8. The first-order valence-electron chi connectivity index (χ1n) is 7.50. The molecule has 0 aliphatic rings. The summed E-state index contributed by atoms with van der Waals surface area (Å²) >= 11 is 0. The third-order valence-corrected chi connectivity index (χ3v) is 3.93. The maximum absolute atomic E-state index is 4.77. The normalized spacial score (nSPS) is 14.2. The van der Waals surface area contributed by atoms with Crippen LogP contribution in [0.25, 0.3) is 0 Å². The Balaban J connectivity index is 2.33.